The molecule has 3 rings (SSSR count). The number of likely N-dealkylation sites (tertiary alicyclic amines) is 1. The van der Waals surface area contributed by atoms with E-state index in [0.29, 0.717) is 18.7 Å². The molecular weight excluding hydrogens is 328 g/mol. The van der Waals surface area contributed by atoms with Crippen molar-refractivity contribution in [2.24, 2.45) is 5.73 Å². The Hall–Kier alpha value is -2.86. The molecule has 0 unspecified atom stereocenters. The summed E-state index contributed by atoms with van der Waals surface area (Å²) in [4.78, 5) is 26.2. The Kier molecular flexibility index (Phi) is 5.86. The fraction of sp³-hybridized carbons (Fsp3) is 0.300. The van der Waals surface area contributed by atoms with Crippen molar-refractivity contribution in [2.45, 2.75) is 25.9 Å². The molecule has 2 aromatic rings. The Morgan fingerprint density at radius 3 is 2.42 bits per heavy atom. The van der Waals surface area contributed by atoms with E-state index in [1.807, 2.05) is 41.3 Å². The lowest BCUT2D eigenvalue weighted by atomic mass is 10.1. The van der Waals surface area contributed by atoms with Crippen LogP contribution in [0, 0.1) is 0 Å². The van der Waals surface area contributed by atoms with Crippen LogP contribution in [-0.4, -0.2) is 29.9 Å². The maximum Gasteiger partial charge on any atom is 0.321 e. The van der Waals surface area contributed by atoms with Crippen LogP contribution in [0.2, 0.25) is 0 Å². The number of hydrogen-bond donors (Lipinski definition) is 3. The molecule has 3 amide bonds. The maximum absolute atomic E-state index is 12.2. The summed E-state index contributed by atoms with van der Waals surface area (Å²) in [6.45, 7) is 2.47. The van der Waals surface area contributed by atoms with E-state index in [2.05, 4.69) is 10.6 Å². The zero-order valence-electron chi connectivity index (χ0n) is 14.7. The van der Waals surface area contributed by atoms with Crippen LogP contribution >= 0.6 is 0 Å². The molecule has 0 bridgehead atoms. The summed E-state index contributed by atoms with van der Waals surface area (Å²) in [6.07, 6.45) is 2.12. The Morgan fingerprint density at radius 2 is 1.73 bits per heavy atom. The summed E-state index contributed by atoms with van der Waals surface area (Å²) in [7, 11) is 0. The van der Waals surface area contributed by atoms with Crippen LogP contribution in [0.3, 0.4) is 0 Å². The van der Waals surface area contributed by atoms with E-state index in [4.69, 9.17) is 5.73 Å². The standard InChI is InChI=1S/C20H24N4O2/c21-13-15-6-8-17(9-7-15)19(25)22-14-16-4-3-5-18(12-16)23-20(26)24-10-1-2-11-24/h3-9,12H,1-2,10-11,13-14,21H2,(H,22,25)(H,23,26). The van der Waals surface area contributed by atoms with Crippen molar-refractivity contribution < 1.29 is 9.59 Å². The number of anilines is 1. The molecule has 0 radical (unpaired) electrons. The minimum atomic E-state index is -0.139. The Balaban J connectivity index is 1.56. The monoisotopic (exact) mass is 352 g/mol. The average molecular weight is 352 g/mol. The largest absolute Gasteiger partial charge is 0.348 e. The molecule has 2 aromatic carbocycles. The molecule has 1 aliphatic heterocycles. The molecule has 1 heterocycles. The van der Waals surface area contributed by atoms with Gasteiger partial charge in [-0.25, -0.2) is 4.79 Å². The van der Waals surface area contributed by atoms with Crippen molar-refractivity contribution in [3.63, 3.8) is 0 Å². The summed E-state index contributed by atoms with van der Waals surface area (Å²) in [6, 6.07) is 14.7. The fourth-order valence-corrected chi connectivity index (χ4v) is 2.96. The van der Waals surface area contributed by atoms with Crippen LogP contribution in [0.1, 0.15) is 34.3 Å². The smallest absolute Gasteiger partial charge is 0.321 e. The number of nitrogens with zero attached hydrogens (tertiary/aromatic N) is 1. The molecule has 0 aliphatic carbocycles. The van der Waals surface area contributed by atoms with E-state index in [9.17, 15) is 9.59 Å². The third-order valence-corrected chi connectivity index (χ3v) is 4.48. The minimum Gasteiger partial charge on any atom is -0.348 e. The van der Waals surface area contributed by atoms with Crippen LogP contribution in [-0.2, 0) is 13.1 Å². The van der Waals surface area contributed by atoms with E-state index < -0.39 is 0 Å². The molecule has 1 aliphatic rings. The van der Waals surface area contributed by atoms with Crippen molar-refractivity contribution in [2.75, 3.05) is 18.4 Å². The maximum atomic E-state index is 12.2. The second-order valence-corrected chi connectivity index (χ2v) is 6.41. The highest BCUT2D eigenvalue weighted by atomic mass is 16.2. The lowest BCUT2D eigenvalue weighted by molar-refractivity contribution is 0.0951. The third kappa shape index (κ3) is 4.61. The van der Waals surface area contributed by atoms with Gasteiger partial charge in [0.2, 0.25) is 0 Å². The summed E-state index contributed by atoms with van der Waals surface area (Å²) in [5.74, 6) is -0.139. The molecule has 6 heteroatoms. The molecular formula is C20H24N4O2. The van der Waals surface area contributed by atoms with Crippen LogP contribution in [0.5, 0.6) is 0 Å². The first kappa shape index (κ1) is 17.9. The predicted octanol–water partition coefficient (Wildman–Crippen LogP) is 2.70. The lowest BCUT2D eigenvalue weighted by Gasteiger charge is -2.16. The highest BCUT2D eigenvalue weighted by Gasteiger charge is 2.17. The summed E-state index contributed by atoms with van der Waals surface area (Å²) >= 11 is 0. The number of nitrogens with one attached hydrogen (secondary N) is 2. The normalized spacial score (nSPS) is 13.5. The third-order valence-electron chi connectivity index (χ3n) is 4.48. The SMILES string of the molecule is NCc1ccc(C(=O)NCc2cccc(NC(=O)N3CCCC3)c2)cc1. The Labute approximate surface area is 153 Å². The first-order valence-corrected chi connectivity index (χ1v) is 8.88. The van der Waals surface area contributed by atoms with Crippen molar-refractivity contribution in [3.8, 4) is 0 Å². The van der Waals surface area contributed by atoms with Crippen molar-refractivity contribution >= 4 is 17.6 Å². The highest BCUT2D eigenvalue weighted by Crippen LogP contribution is 2.14. The number of carbonyl (C=O) groups excluding carboxylic acids is 2. The zero-order valence-corrected chi connectivity index (χ0v) is 14.7. The van der Waals surface area contributed by atoms with Crippen LogP contribution in [0.15, 0.2) is 48.5 Å². The van der Waals surface area contributed by atoms with Crippen molar-refractivity contribution in [3.05, 3.63) is 65.2 Å². The van der Waals surface area contributed by atoms with Gasteiger partial charge in [-0.15, -0.1) is 0 Å². The number of amides is 3. The van der Waals surface area contributed by atoms with Gasteiger partial charge in [-0.1, -0.05) is 24.3 Å². The quantitative estimate of drug-likeness (QED) is 0.773. The van der Waals surface area contributed by atoms with Crippen LogP contribution in [0.25, 0.3) is 0 Å². The van der Waals surface area contributed by atoms with E-state index in [0.717, 1.165) is 42.7 Å². The number of rotatable bonds is 5. The van der Waals surface area contributed by atoms with Gasteiger partial charge in [0.15, 0.2) is 0 Å². The number of nitrogens with two attached hydrogens (primary N) is 1. The fourth-order valence-electron chi connectivity index (χ4n) is 2.96. The van der Waals surface area contributed by atoms with Gasteiger partial charge in [-0.2, -0.15) is 0 Å². The van der Waals surface area contributed by atoms with Crippen molar-refractivity contribution in [1.82, 2.24) is 10.2 Å². The minimum absolute atomic E-state index is 0.0660. The second-order valence-electron chi connectivity index (χ2n) is 6.41. The molecule has 1 saturated heterocycles. The molecule has 4 N–H and O–H groups in total. The van der Waals surface area contributed by atoms with Gasteiger partial charge < -0.3 is 21.3 Å². The number of benzene rings is 2. The first-order valence-electron chi connectivity index (χ1n) is 8.88. The van der Waals surface area contributed by atoms with Gasteiger partial charge in [0.05, 0.1) is 0 Å². The van der Waals surface area contributed by atoms with Crippen LogP contribution in [0.4, 0.5) is 10.5 Å². The topological polar surface area (TPSA) is 87.5 Å². The average Bonchev–Trinajstić information content (AvgIpc) is 3.21. The summed E-state index contributed by atoms with van der Waals surface area (Å²) in [5, 5.41) is 5.81. The van der Waals surface area contributed by atoms with Gasteiger partial charge >= 0.3 is 6.03 Å². The second kappa shape index (κ2) is 8.49. The van der Waals surface area contributed by atoms with Crippen LogP contribution < -0.4 is 16.4 Å². The van der Waals surface area contributed by atoms with Gasteiger partial charge in [-0.3, -0.25) is 4.79 Å². The van der Waals surface area contributed by atoms with Gasteiger partial charge in [0, 0.05) is 37.4 Å². The molecule has 26 heavy (non-hydrogen) atoms. The van der Waals surface area contributed by atoms with E-state index in [1.165, 1.54) is 0 Å². The predicted molar refractivity (Wildman–Crippen MR) is 102 cm³/mol. The van der Waals surface area contributed by atoms with E-state index in [1.54, 1.807) is 12.1 Å². The Bertz CT molecular complexity index is 768. The molecule has 0 spiro atoms. The first-order chi connectivity index (χ1) is 12.7. The molecule has 6 nitrogen and oxygen atoms in total. The molecule has 0 atom stereocenters. The Morgan fingerprint density at radius 1 is 1.00 bits per heavy atom. The van der Waals surface area contributed by atoms with Gasteiger partial charge in [0.1, 0.15) is 0 Å². The molecule has 0 saturated carbocycles. The summed E-state index contributed by atoms with van der Waals surface area (Å²) in [5.41, 5.74) is 8.82. The van der Waals surface area contributed by atoms with E-state index in [-0.39, 0.29) is 11.9 Å². The summed E-state index contributed by atoms with van der Waals surface area (Å²) < 4.78 is 0. The molecule has 136 valence electrons. The number of urea groups is 1. The van der Waals surface area contributed by atoms with Gasteiger partial charge in [-0.05, 0) is 48.2 Å². The lowest BCUT2D eigenvalue weighted by Crippen LogP contribution is -2.32. The van der Waals surface area contributed by atoms with Gasteiger partial charge in [0.25, 0.3) is 5.91 Å². The molecule has 0 aromatic heterocycles. The zero-order chi connectivity index (χ0) is 18.4. The van der Waals surface area contributed by atoms with E-state index >= 15 is 0 Å². The van der Waals surface area contributed by atoms with Crippen molar-refractivity contribution in [1.29, 1.82) is 0 Å². The molecule has 1 fully saturated rings. The highest BCUT2D eigenvalue weighted by molar-refractivity contribution is 5.94. The number of hydrogen-bond acceptors (Lipinski definition) is 3. The number of carbonyl (C=O) groups is 2.